The van der Waals surface area contributed by atoms with Crippen LogP contribution in [0.5, 0.6) is 0 Å². The molecular weight excluding hydrogens is 388 g/mol. The van der Waals surface area contributed by atoms with Crippen LogP contribution in [0.1, 0.15) is 27.5 Å². The highest BCUT2D eigenvalue weighted by molar-refractivity contribution is 7.98. The lowest BCUT2D eigenvalue weighted by Gasteiger charge is -2.07. The maximum absolute atomic E-state index is 12.6. The zero-order valence-electron chi connectivity index (χ0n) is 15.7. The lowest BCUT2D eigenvalue weighted by atomic mass is 10.2. The molecule has 0 radical (unpaired) electrons. The first-order valence-electron chi connectivity index (χ1n) is 9.01. The zero-order chi connectivity index (χ0) is 20.1. The smallest absolute Gasteiger partial charge is 0.339 e. The SMILES string of the molecule is Cc1cc(CSc2ccccc2C(=O)OCc2cc(-c3ccccc3)on2)no1. The molecule has 0 fully saturated rings. The second kappa shape index (κ2) is 8.79. The quantitative estimate of drug-likeness (QED) is 0.305. The lowest BCUT2D eigenvalue weighted by molar-refractivity contribution is 0.0460. The molecule has 0 bridgehead atoms. The Hall–Kier alpha value is -3.32. The molecule has 0 aliphatic carbocycles. The molecule has 2 aromatic carbocycles. The molecule has 0 saturated heterocycles. The van der Waals surface area contributed by atoms with E-state index in [1.54, 1.807) is 12.1 Å². The van der Waals surface area contributed by atoms with Crippen LogP contribution in [0.4, 0.5) is 0 Å². The number of esters is 1. The van der Waals surface area contributed by atoms with E-state index in [-0.39, 0.29) is 6.61 Å². The molecule has 0 saturated carbocycles. The highest BCUT2D eigenvalue weighted by Gasteiger charge is 2.15. The highest BCUT2D eigenvalue weighted by Crippen LogP contribution is 2.27. The number of hydrogen-bond donors (Lipinski definition) is 0. The number of hydrogen-bond acceptors (Lipinski definition) is 7. The van der Waals surface area contributed by atoms with Gasteiger partial charge in [0, 0.05) is 28.3 Å². The molecule has 2 aromatic heterocycles. The van der Waals surface area contributed by atoms with E-state index in [2.05, 4.69) is 10.3 Å². The zero-order valence-corrected chi connectivity index (χ0v) is 16.5. The molecule has 4 rings (SSSR count). The number of nitrogens with zero attached hydrogens (tertiary/aromatic N) is 2. The van der Waals surface area contributed by atoms with Crippen LogP contribution in [0.2, 0.25) is 0 Å². The van der Waals surface area contributed by atoms with Crippen LogP contribution in [-0.2, 0) is 17.1 Å². The van der Waals surface area contributed by atoms with Gasteiger partial charge in [-0.15, -0.1) is 11.8 Å². The van der Waals surface area contributed by atoms with Crippen LogP contribution < -0.4 is 0 Å². The number of aryl methyl sites for hydroxylation is 1. The normalized spacial score (nSPS) is 10.8. The van der Waals surface area contributed by atoms with E-state index in [4.69, 9.17) is 13.8 Å². The van der Waals surface area contributed by atoms with Gasteiger partial charge in [-0.1, -0.05) is 52.8 Å². The summed E-state index contributed by atoms with van der Waals surface area (Å²) in [6.07, 6.45) is 0. The van der Waals surface area contributed by atoms with Gasteiger partial charge in [0.25, 0.3) is 0 Å². The molecule has 146 valence electrons. The highest BCUT2D eigenvalue weighted by atomic mass is 32.2. The Labute approximate surface area is 171 Å². The third-order valence-corrected chi connectivity index (χ3v) is 5.23. The van der Waals surface area contributed by atoms with Gasteiger partial charge in [0.2, 0.25) is 0 Å². The molecule has 4 aromatic rings. The molecule has 0 aliphatic heterocycles. The molecular formula is C22H18N2O4S. The Morgan fingerprint density at radius 2 is 1.72 bits per heavy atom. The molecule has 2 heterocycles. The largest absolute Gasteiger partial charge is 0.455 e. The predicted molar refractivity (Wildman–Crippen MR) is 108 cm³/mol. The van der Waals surface area contributed by atoms with Crippen molar-refractivity contribution in [2.75, 3.05) is 0 Å². The van der Waals surface area contributed by atoms with Crippen molar-refractivity contribution in [3.8, 4) is 11.3 Å². The fourth-order valence-corrected chi connectivity index (χ4v) is 3.66. The molecule has 0 aliphatic rings. The topological polar surface area (TPSA) is 78.4 Å². The number of ether oxygens (including phenoxy) is 1. The van der Waals surface area contributed by atoms with Gasteiger partial charge in [-0.2, -0.15) is 0 Å². The second-order valence-corrected chi connectivity index (χ2v) is 7.36. The molecule has 0 N–H and O–H groups in total. The maximum Gasteiger partial charge on any atom is 0.339 e. The summed E-state index contributed by atoms with van der Waals surface area (Å²) in [5, 5.41) is 7.96. The molecule has 0 atom stereocenters. The van der Waals surface area contributed by atoms with Crippen molar-refractivity contribution >= 4 is 17.7 Å². The number of rotatable bonds is 7. The van der Waals surface area contributed by atoms with Crippen LogP contribution in [0.25, 0.3) is 11.3 Å². The van der Waals surface area contributed by atoms with Crippen molar-refractivity contribution in [3.05, 3.63) is 89.4 Å². The Kier molecular flexibility index (Phi) is 5.76. The molecule has 29 heavy (non-hydrogen) atoms. The predicted octanol–water partition coefficient (Wildman–Crippen LogP) is 5.29. The average Bonchev–Trinajstić information content (AvgIpc) is 3.40. The Morgan fingerprint density at radius 3 is 2.52 bits per heavy atom. The summed E-state index contributed by atoms with van der Waals surface area (Å²) < 4.78 is 15.9. The van der Waals surface area contributed by atoms with E-state index in [9.17, 15) is 4.79 Å². The lowest BCUT2D eigenvalue weighted by Crippen LogP contribution is -2.06. The Morgan fingerprint density at radius 1 is 0.966 bits per heavy atom. The first-order valence-corrected chi connectivity index (χ1v) is 10.00. The number of carbonyl (C=O) groups is 1. The molecule has 6 nitrogen and oxygen atoms in total. The van der Waals surface area contributed by atoms with Gasteiger partial charge >= 0.3 is 5.97 Å². The minimum absolute atomic E-state index is 0.0383. The summed E-state index contributed by atoms with van der Waals surface area (Å²) in [4.78, 5) is 13.4. The number of benzene rings is 2. The first-order chi connectivity index (χ1) is 14.2. The van der Waals surface area contributed by atoms with Gasteiger partial charge in [0.05, 0.1) is 11.3 Å². The summed E-state index contributed by atoms with van der Waals surface area (Å²) in [6, 6.07) is 20.6. The first kappa shape index (κ1) is 19.0. The van der Waals surface area contributed by atoms with Crippen molar-refractivity contribution in [2.24, 2.45) is 0 Å². The Bertz CT molecular complexity index is 1100. The van der Waals surface area contributed by atoms with Crippen LogP contribution in [-0.4, -0.2) is 16.3 Å². The summed E-state index contributed by atoms with van der Waals surface area (Å²) in [7, 11) is 0. The molecule has 0 unspecified atom stereocenters. The van der Waals surface area contributed by atoms with E-state index in [1.165, 1.54) is 11.8 Å². The van der Waals surface area contributed by atoms with Crippen LogP contribution >= 0.6 is 11.8 Å². The van der Waals surface area contributed by atoms with Crippen molar-refractivity contribution in [1.82, 2.24) is 10.3 Å². The fourth-order valence-electron chi connectivity index (χ4n) is 2.73. The number of carbonyl (C=O) groups excluding carboxylic acids is 1. The van der Waals surface area contributed by atoms with Gasteiger partial charge in [-0.05, 0) is 19.1 Å². The van der Waals surface area contributed by atoms with E-state index < -0.39 is 5.97 Å². The third-order valence-electron chi connectivity index (χ3n) is 4.13. The van der Waals surface area contributed by atoms with Crippen LogP contribution in [0.15, 0.2) is 80.7 Å². The minimum atomic E-state index is -0.409. The number of thioether (sulfide) groups is 1. The monoisotopic (exact) mass is 406 g/mol. The summed E-state index contributed by atoms with van der Waals surface area (Å²) in [6.45, 7) is 1.89. The van der Waals surface area contributed by atoms with Crippen LogP contribution in [0, 0.1) is 6.92 Å². The molecule has 7 heteroatoms. The molecule has 0 amide bonds. The third kappa shape index (κ3) is 4.75. The van der Waals surface area contributed by atoms with Crippen molar-refractivity contribution < 1.29 is 18.6 Å². The van der Waals surface area contributed by atoms with Crippen LogP contribution in [0.3, 0.4) is 0 Å². The van der Waals surface area contributed by atoms with Gasteiger partial charge in [0.1, 0.15) is 18.1 Å². The second-order valence-electron chi connectivity index (χ2n) is 6.34. The van der Waals surface area contributed by atoms with E-state index >= 15 is 0 Å². The fraction of sp³-hybridized carbons (Fsp3) is 0.136. The van der Waals surface area contributed by atoms with Gasteiger partial charge < -0.3 is 13.8 Å². The summed E-state index contributed by atoms with van der Waals surface area (Å²) in [5.41, 5.74) is 2.80. The van der Waals surface area contributed by atoms with E-state index in [0.29, 0.717) is 22.8 Å². The average molecular weight is 406 g/mol. The van der Waals surface area contributed by atoms with Crippen molar-refractivity contribution in [1.29, 1.82) is 0 Å². The summed E-state index contributed by atoms with van der Waals surface area (Å²) in [5.74, 6) is 1.59. The summed E-state index contributed by atoms with van der Waals surface area (Å²) >= 11 is 1.51. The van der Waals surface area contributed by atoms with Crippen molar-refractivity contribution in [3.63, 3.8) is 0 Å². The van der Waals surface area contributed by atoms with Gasteiger partial charge in [-0.25, -0.2) is 4.79 Å². The van der Waals surface area contributed by atoms with Gasteiger partial charge in [0.15, 0.2) is 5.76 Å². The standard InChI is InChI=1S/C22H18N2O4S/c1-15-11-18(24-27-15)14-29-21-10-6-5-9-19(21)22(25)26-13-17-12-20(28-23-17)16-7-3-2-4-8-16/h2-12H,13-14H2,1H3. The maximum atomic E-state index is 12.6. The van der Waals surface area contributed by atoms with Gasteiger partial charge in [-0.3, -0.25) is 0 Å². The number of aromatic nitrogens is 2. The molecule has 0 spiro atoms. The van der Waals surface area contributed by atoms with Crippen molar-refractivity contribution in [2.45, 2.75) is 24.2 Å². The Balaban J connectivity index is 1.39. The van der Waals surface area contributed by atoms with E-state index in [0.717, 1.165) is 21.9 Å². The minimum Gasteiger partial charge on any atom is -0.455 e. The van der Waals surface area contributed by atoms with E-state index in [1.807, 2.05) is 61.5 Å².